The summed E-state index contributed by atoms with van der Waals surface area (Å²) >= 11 is 0. The Kier molecular flexibility index (Phi) is 8.30. The summed E-state index contributed by atoms with van der Waals surface area (Å²) in [7, 11) is 1.58. The molecular weight excluding hydrogens is 308 g/mol. The Morgan fingerprint density at radius 3 is 1.96 bits per heavy atom. The van der Waals surface area contributed by atoms with Gasteiger partial charge < -0.3 is 14.2 Å². The van der Waals surface area contributed by atoms with E-state index in [-0.39, 0.29) is 18.3 Å². The van der Waals surface area contributed by atoms with Gasteiger partial charge in [0.15, 0.2) is 0 Å². The topological polar surface area (TPSA) is 61.8 Å². The molecule has 0 N–H and O–H groups in total. The van der Waals surface area contributed by atoms with Crippen LogP contribution in [0.3, 0.4) is 0 Å². The van der Waals surface area contributed by atoms with Gasteiger partial charge in [-0.3, -0.25) is 9.59 Å². The fraction of sp³-hybridized carbons (Fsp3) is 0.579. The summed E-state index contributed by atoms with van der Waals surface area (Å²) in [5.41, 5.74) is 0.714. The van der Waals surface area contributed by atoms with Gasteiger partial charge in [0.1, 0.15) is 5.75 Å². The highest BCUT2D eigenvalue weighted by atomic mass is 16.5. The predicted molar refractivity (Wildman–Crippen MR) is 91.9 cm³/mol. The quantitative estimate of drug-likeness (QED) is 0.645. The Labute approximate surface area is 144 Å². The maximum atomic E-state index is 12.4. The molecule has 0 spiro atoms. The van der Waals surface area contributed by atoms with E-state index in [1.165, 1.54) is 0 Å². The van der Waals surface area contributed by atoms with Crippen molar-refractivity contribution < 1.29 is 23.8 Å². The van der Waals surface area contributed by atoms with Crippen LogP contribution in [0.4, 0.5) is 0 Å². The zero-order valence-electron chi connectivity index (χ0n) is 15.2. The van der Waals surface area contributed by atoms with Crippen LogP contribution in [0.25, 0.3) is 0 Å². The van der Waals surface area contributed by atoms with Crippen LogP contribution in [0.15, 0.2) is 24.3 Å². The maximum absolute atomic E-state index is 12.4. The van der Waals surface area contributed by atoms with Crippen molar-refractivity contribution in [3.05, 3.63) is 29.8 Å². The average molecular weight is 336 g/mol. The molecule has 0 aromatic heterocycles. The van der Waals surface area contributed by atoms with E-state index in [0.29, 0.717) is 24.5 Å². The molecule has 0 bridgehead atoms. The molecule has 0 aliphatic rings. The van der Waals surface area contributed by atoms with E-state index in [2.05, 4.69) is 0 Å². The second kappa shape index (κ2) is 9.96. The number of methoxy groups -OCH3 is 1. The van der Waals surface area contributed by atoms with Gasteiger partial charge in [0.2, 0.25) is 0 Å². The number of hydrogen-bond donors (Lipinski definition) is 0. The number of carbonyl (C=O) groups is 2. The Bertz CT molecular complexity index is 519. The summed E-state index contributed by atoms with van der Waals surface area (Å²) in [6.45, 7) is 8.52. The summed E-state index contributed by atoms with van der Waals surface area (Å²) in [5.74, 6) is -0.300. The van der Waals surface area contributed by atoms with E-state index in [1.54, 1.807) is 31.4 Å². The van der Waals surface area contributed by atoms with Crippen molar-refractivity contribution in [3.63, 3.8) is 0 Å². The zero-order valence-corrected chi connectivity index (χ0v) is 15.2. The van der Waals surface area contributed by atoms with Crippen LogP contribution in [-0.4, -0.2) is 32.3 Å². The third-order valence-electron chi connectivity index (χ3n) is 3.31. The van der Waals surface area contributed by atoms with Crippen molar-refractivity contribution in [2.75, 3.05) is 20.3 Å². The second-order valence-corrected chi connectivity index (χ2v) is 6.63. The first-order chi connectivity index (χ1) is 11.3. The molecule has 0 heterocycles. The molecule has 0 aliphatic carbocycles. The molecule has 1 aromatic carbocycles. The Morgan fingerprint density at radius 2 is 1.46 bits per heavy atom. The molecule has 24 heavy (non-hydrogen) atoms. The maximum Gasteiger partial charge on any atom is 0.314 e. The summed E-state index contributed by atoms with van der Waals surface area (Å²) < 4.78 is 15.7. The summed E-state index contributed by atoms with van der Waals surface area (Å²) in [6.07, 6.45) is -0.0318. The van der Waals surface area contributed by atoms with Crippen LogP contribution in [0.1, 0.15) is 45.6 Å². The van der Waals surface area contributed by atoms with E-state index in [4.69, 9.17) is 14.2 Å². The van der Waals surface area contributed by atoms with Crippen LogP contribution >= 0.6 is 0 Å². The average Bonchev–Trinajstić information content (AvgIpc) is 2.55. The minimum Gasteiger partial charge on any atom is -0.497 e. The Balaban J connectivity index is 2.85. The van der Waals surface area contributed by atoms with E-state index in [1.807, 2.05) is 27.7 Å². The first-order valence-electron chi connectivity index (χ1n) is 8.29. The van der Waals surface area contributed by atoms with E-state index < -0.39 is 17.9 Å². The van der Waals surface area contributed by atoms with Gasteiger partial charge in [-0.25, -0.2) is 0 Å². The third-order valence-corrected chi connectivity index (χ3v) is 3.31. The minimum atomic E-state index is -0.672. The first-order valence-corrected chi connectivity index (χ1v) is 8.29. The lowest BCUT2D eigenvalue weighted by Gasteiger charge is -2.17. The number of ether oxygens (including phenoxy) is 3. The van der Waals surface area contributed by atoms with Gasteiger partial charge >= 0.3 is 11.9 Å². The van der Waals surface area contributed by atoms with Gasteiger partial charge in [0, 0.05) is 0 Å². The molecule has 1 rings (SSSR count). The molecule has 0 aliphatic heterocycles. The van der Waals surface area contributed by atoms with Crippen LogP contribution in [0, 0.1) is 11.8 Å². The van der Waals surface area contributed by atoms with Crippen LogP contribution in [0.2, 0.25) is 0 Å². The van der Waals surface area contributed by atoms with Gasteiger partial charge in [-0.1, -0.05) is 39.8 Å². The largest absolute Gasteiger partial charge is 0.497 e. The first kappa shape index (κ1) is 20.0. The van der Waals surface area contributed by atoms with Crippen LogP contribution in [0.5, 0.6) is 5.75 Å². The van der Waals surface area contributed by atoms with Crippen LogP contribution in [-0.2, 0) is 19.1 Å². The lowest BCUT2D eigenvalue weighted by Crippen LogP contribution is -2.22. The van der Waals surface area contributed by atoms with Crippen molar-refractivity contribution in [2.24, 2.45) is 11.8 Å². The van der Waals surface area contributed by atoms with E-state index in [0.717, 1.165) is 0 Å². The molecule has 134 valence electrons. The number of esters is 2. The van der Waals surface area contributed by atoms with Gasteiger partial charge in [0.05, 0.1) is 32.7 Å². The van der Waals surface area contributed by atoms with Crippen molar-refractivity contribution in [1.82, 2.24) is 0 Å². The Hall–Kier alpha value is -2.04. The molecular formula is C19H28O5. The molecule has 0 amide bonds. The lowest BCUT2D eigenvalue weighted by molar-refractivity contribution is -0.153. The van der Waals surface area contributed by atoms with Crippen molar-refractivity contribution in [1.29, 1.82) is 0 Å². The van der Waals surface area contributed by atoms with Crippen LogP contribution < -0.4 is 4.74 Å². The van der Waals surface area contributed by atoms with Crippen molar-refractivity contribution in [2.45, 2.75) is 40.0 Å². The van der Waals surface area contributed by atoms with Crippen molar-refractivity contribution in [3.8, 4) is 5.75 Å². The fourth-order valence-electron chi connectivity index (χ4n) is 2.01. The second-order valence-electron chi connectivity index (χ2n) is 6.63. The highest BCUT2D eigenvalue weighted by Crippen LogP contribution is 2.25. The van der Waals surface area contributed by atoms with E-state index in [9.17, 15) is 9.59 Å². The molecule has 1 unspecified atom stereocenters. The fourth-order valence-corrected chi connectivity index (χ4v) is 2.01. The third kappa shape index (κ3) is 7.02. The number of hydrogen-bond acceptors (Lipinski definition) is 5. The molecule has 5 nitrogen and oxygen atoms in total. The highest BCUT2D eigenvalue weighted by Gasteiger charge is 2.26. The summed E-state index contributed by atoms with van der Waals surface area (Å²) in [5, 5.41) is 0. The van der Waals surface area contributed by atoms with Crippen molar-refractivity contribution >= 4 is 11.9 Å². The zero-order chi connectivity index (χ0) is 18.1. The highest BCUT2D eigenvalue weighted by molar-refractivity contribution is 5.84. The van der Waals surface area contributed by atoms with E-state index >= 15 is 0 Å². The monoisotopic (exact) mass is 336 g/mol. The standard InChI is InChI=1S/C19H28O5/c1-13(2)11-23-18(20)10-17(19(21)24-12-14(3)4)15-6-8-16(22-5)9-7-15/h6-9,13-14,17H,10-12H2,1-5H3. The lowest BCUT2D eigenvalue weighted by atomic mass is 9.95. The molecule has 1 atom stereocenters. The Morgan fingerprint density at radius 1 is 0.917 bits per heavy atom. The summed E-state index contributed by atoms with van der Waals surface area (Å²) in [4.78, 5) is 24.5. The molecule has 5 heteroatoms. The molecule has 0 saturated heterocycles. The smallest absolute Gasteiger partial charge is 0.314 e. The molecule has 1 aromatic rings. The van der Waals surface area contributed by atoms with Gasteiger partial charge in [-0.2, -0.15) is 0 Å². The minimum absolute atomic E-state index is 0.0318. The van der Waals surface area contributed by atoms with Gasteiger partial charge in [-0.15, -0.1) is 0 Å². The number of benzene rings is 1. The summed E-state index contributed by atoms with van der Waals surface area (Å²) in [6, 6.07) is 7.07. The van der Waals surface area contributed by atoms with Gasteiger partial charge in [0.25, 0.3) is 0 Å². The number of rotatable bonds is 9. The molecule has 0 radical (unpaired) electrons. The van der Waals surface area contributed by atoms with Gasteiger partial charge in [-0.05, 0) is 29.5 Å². The normalized spacial score (nSPS) is 12.1. The predicted octanol–water partition coefficient (Wildman–Crippen LogP) is 3.57. The molecule has 0 fully saturated rings. The molecule has 0 saturated carbocycles. The number of carbonyl (C=O) groups excluding carboxylic acids is 2. The SMILES string of the molecule is COc1ccc(C(CC(=O)OCC(C)C)C(=O)OCC(C)C)cc1.